The Labute approximate surface area is 193 Å². The van der Waals surface area contributed by atoms with E-state index in [1.54, 1.807) is 10.9 Å². The summed E-state index contributed by atoms with van der Waals surface area (Å²) in [7, 11) is 0. The Balaban J connectivity index is 1.51. The number of halogens is 3. The summed E-state index contributed by atoms with van der Waals surface area (Å²) in [6.07, 6.45) is 0.289. The zero-order chi connectivity index (χ0) is 24.2. The lowest BCUT2D eigenvalue weighted by molar-refractivity contribution is -0.136. The lowest BCUT2D eigenvalue weighted by Crippen LogP contribution is -2.40. The van der Waals surface area contributed by atoms with Gasteiger partial charge in [0, 0.05) is 28.9 Å². The zero-order valence-electron chi connectivity index (χ0n) is 18.2. The topological polar surface area (TPSA) is 91.8 Å². The van der Waals surface area contributed by atoms with Crippen LogP contribution in [-0.2, 0) is 16.0 Å². The van der Waals surface area contributed by atoms with Gasteiger partial charge in [-0.25, -0.2) is 17.9 Å². The van der Waals surface area contributed by atoms with E-state index in [9.17, 15) is 22.8 Å². The van der Waals surface area contributed by atoms with E-state index in [-0.39, 0.29) is 0 Å². The number of nitrogens with one attached hydrogen (secondary N) is 3. The van der Waals surface area contributed by atoms with Crippen LogP contribution in [0.25, 0.3) is 27.7 Å². The first kappa shape index (κ1) is 23.1. The number of hydrogen-bond donors (Lipinski definition) is 3. The van der Waals surface area contributed by atoms with Crippen molar-refractivity contribution in [2.75, 3.05) is 11.9 Å². The number of rotatable bonds is 7. The lowest BCUT2D eigenvalue weighted by Gasteiger charge is -2.09. The molecule has 0 bridgehead atoms. The fourth-order valence-electron chi connectivity index (χ4n) is 3.44. The van der Waals surface area contributed by atoms with Gasteiger partial charge in [-0.15, -0.1) is 0 Å². The van der Waals surface area contributed by atoms with Gasteiger partial charge >= 0.3 is 11.8 Å². The van der Waals surface area contributed by atoms with Crippen LogP contribution in [0.15, 0.2) is 61.1 Å². The number of hydrogen-bond acceptors (Lipinski definition) is 3. The summed E-state index contributed by atoms with van der Waals surface area (Å²) in [5.41, 5.74) is 4.87. The molecular formula is C24H22F3N5O2. The molecule has 176 valence electrons. The number of benzene rings is 2. The van der Waals surface area contributed by atoms with Crippen molar-refractivity contribution < 1.29 is 22.8 Å². The summed E-state index contributed by atoms with van der Waals surface area (Å²) in [4.78, 5) is 27.0. The molecule has 3 N–H and O–H groups in total. The first-order valence-electron chi connectivity index (χ1n) is 10.6. The molecule has 2 heterocycles. The van der Waals surface area contributed by atoms with Gasteiger partial charge in [-0.3, -0.25) is 9.59 Å². The molecule has 0 saturated carbocycles. The second-order valence-electron chi connectivity index (χ2n) is 7.67. The molecule has 0 spiro atoms. The normalized spacial score (nSPS) is 12.1. The lowest BCUT2D eigenvalue weighted by atomic mass is 10.1. The van der Waals surface area contributed by atoms with Gasteiger partial charge in [0.1, 0.15) is 0 Å². The first-order valence-corrected chi connectivity index (χ1v) is 10.6. The molecule has 0 fully saturated rings. The Hall–Kier alpha value is -4.08. The Morgan fingerprint density at radius 2 is 1.82 bits per heavy atom. The van der Waals surface area contributed by atoms with E-state index >= 15 is 0 Å². The van der Waals surface area contributed by atoms with Crippen molar-refractivity contribution >= 4 is 28.4 Å². The first-order chi connectivity index (χ1) is 16.4. The molecule has 0 aliphatic carbocycles. The van der Waals surface area contributed by atoms with Crippen LogP contribution in [0.2, 0.25) is 0 Å². The van der Waals surface area contributed by atoms with Gasteiger partial charge in [-0.1, -0.05) is 25.1 Å². The van der Waals surface area contributed by atoms with E-state index in [0.717, 1.165) is 23.2 Å². The van der Waals surface area contributed by atoms with E-state index in [2.05, 4.69) is 34.5 Å². The number of nitrogens with zero attached hydrogens (tertiary/aromatic N) is 2. The molecule has 1 atom stereocenters. The summed E-state index contributed by atoms with van der Waals surface area (Å²) < 4.78 is 39.2. The Kier molecular flexibility index (Phi) is 6.67. The number of anilines is 1. The van der Waals surface area contributed by atoms with Crippen molar-refractivity contribution in [3.63, 3.8) is 0 Å². The molecule has 1 unspecified atom stereocenters. The van der Waals surface area contributed by atoms with Crippen LogP contribution in [0.1, 0.15) is 12.5 Å². The molecule has 0 aliphatic heterocycles. The van der Waals surface area contributed by atoms with Crippen LogP contribution in [0.4, 0.5) is 18.9 Å². The zero-order valence-corrected chi connectivity index (χ0v) is 18.2. The van der Waals surface area contributed by atoms with Crippen molar-refractivity contribution in [3.8, 4) is 16.8 Å². The maximum absolute atomic E-state index is 13.0. The maximum atomic E-state index is 13.0. The number of carbonyl (C=O) groups excluding carboxylic acids is 2. The minimum absolute atomic E-state index is 0.324. The molecule has 2 aromatic heterocycles. The molecule has 0 saturated heterocycles. The van der Waals surface area contributed by atoms with Crippen molar-refractivity contribution in [2.45, 2.75) is 25.9 Å². The fourth-order valence-corrected chi connectivity index (χ4v) is 3.44. The highest BCUT2D eigenvalue weighted by atomic mass is 19.3. The van der Waals surface area contributed by atoms with E-state index in [0.29, 0.717) is 16.6 Å². The molecule has 2 aromatic carbocycles. The van der Waals surface area contributed by atoms with Crippen LogP contribution in [0.3, 0.4) is 0 Å². The Morgan fingerprint density at radius 3 is 2.53 bits per heavy atom. The third-order valence-electron chi connectivity index (χ3n) is 5.39. The van der Waals surface area contributed by atoms with E-state index in [1.807, 2.05) is 41.8 Å². The Morgan fingerprint density at radius 1 is 1.06 bits per heavy atom. The predicted molar refractivity (Wildman–Crippen MR) is 123 cm³/mol. The van der Waals surface area contributed by atoms with Crippen LogP contribution >= 0.6 is 0 Å². The van der Waals surface area contributed by atoms with Crippen LogP contribution < -0.4 is 10.6 Å². The van der Waals surface area contributed by atoms with Gasteiger partial charge in [0.2, 0.25) is 0 Å². The van der Waals surface area contributed by atoms with Gasteiger partial charge in [0.15, 0.2) is 6.17 Å². The SMILES string of the molecule is CCc1ccc(-n2cc(-c3ccc4[nH]cc(NC(=O)C(=O)NCC(F)C(F)F)c4c3)cn2)cc1. The quantitative estimate of drug-likeness (QED) is 0.354. The third kappa shape index (κ3) is 4.95. The predicted octanol–water partition coefficient (Wildman–Crippen LogP) is 4.24. The van der Waals surface area contributed by atoms with Gasteiger partial charge in [-0.05, 0) is 41.8 Å². The molecule has 4 rings (SSSR count). The van der Waals surface area contributed by atoms with E-state index < -0.39 is 31.0 Å². The second kappa shape index (κ2) is 9.82. The number of H-pyrrole nitrogens is 1. The molecule has 10 heteroatoms. The molecule has 34 heavy (non-hydrogen) atoms. The van der Waals surface area contributed by atoms with Crippen LogP contribution in [0.5, 0.6) is 0 Å². The summed E-state index contributed by atoms with van der Waals surface area (Å²) in [6, 6.07) is 13.6. The van der Waals surface area contributed by atoms with Crippen molar-refractivity contribution in [3.05, 3.63) is 66.6 Å². The monoisotopic (exact) mass is 469 g/mol. The standard InChI is InChI=1S/C24H22F3N5O2/c1-2-14-3-6-17(7-4-14)32-13-16(10-30-32)15-5-8-20-18(9-15)21(12-28-20)31-24(34)23(33)29-11-19(25)22(26)27/h3-10,12-13,19,22,28H,2,11H2,1H3,(H,29,33)(H,31,34). The fraction of sp³-hybridized carbons (Fsp3) is 0.208. The average molecular weight is 469 g/mol. The molecule has 0 aliphatic rings. The number of amides is 2. The summed E-state index contributed by atoms with van der Waals surface area (Å²) in [5, 5.41) is 9.35. The summed E-state index contributed by atoms with van der Waals surface area (Å²) in [5.74, 6) is -2.29. The van der Waals surface area contributed by atoms with Gasteiger partial charge in [0.05, 0.1) is 24.1 Å². The highest BCUT2D eigenvalue weighted by Gasteiger charge is 2.22. The maximum Gasteiger partial charge on any atom is 0.313 e. The Bertz CT molecular complexity index is 1310. The number of aromatic amines is 1. The molecule has 7 nitrogen and oxygen atoms in total. The number of aromatic nitrogens is 3. The van der Waals surface area contributed by atoms with E-state index in [4.69, 9.17) is 0 Å². The van der Waals surface area contributed by atoms with Crippen LogP contribution in [0, 0.1) is 0 Å². The molecule has 2 amide bonds. The molecule has 4 aromatic rings. The largest absolute Gasteiger partial charge is 0.359 e. The number of aryl methyl sites for hydroxylation is 1. The number of fused-ring (bicyclic) bond motifs is 1. The van der Waals surface area contributed by atoms with Gasteiger partial charge in [-0.2, -0.15) is 5.10 Å². The summed E-state index contributed by atoms with van der Waals surface area (Å²) in [6.45, 7) is 1.14. The van der Waals surface area contributed by atoms with Gasteiger partial charge < -0.3 is 15.6 Å². The minimum atomic E-state index is -3.24. The highest BCUT2D eigenvalue weighted by Crippen LogP contribution is 2.29. The molecular weight excluding hydrogens is 447 g/mol. The number of carbonyl (C=O) groups is 2. The number of alkyl halides is 3. The van der Waals surface area contributed by atoms with Crippen molar-refractivity contribution in [2.24, 2.45) is 0 Å². The van der Waals surface area contributed by atoms with Gasteiger partial charge in [0.25, 0.3) is 6.43 Å². The third-order valence-corrected chi connectivity index (χ3v) is 5.39. The molecule has 0 radical (unpaired) electrons. The minimum Gasteiger partial charge on any atom is -0.359 e. The second-order valence-corrected chi connectivity index (χ2v) is 7.67. The average Bonchev–Trinajstić information content (AvgIpc) is 3.49. The summed E-state index contributed by atoms with van der Waals surface area (Å²) >= 11 is 0. The van der Waals surface area contributed by atoms with Crippen molar-refractivity contribution in [1.82, 2.24) is 20.1 Å². The van der Waals surface area contributed by atoms with E-state index in [1.165, 1.54) is 11.8 Å². The highest BCUT2D eigenvalue weighted by molar-refractivity contribution is 6.40. The van der Waals surface area contributed by atoms with Crippen LogP contribution in [-0.4, -0.2) is 45.7 Å². The van der Waals surface area contributed by atoms with Crippen molar-refractivity contribution in [1.29, 1.82) is 0 Å². The smallest absolute Gasteiger partial charge is 0.313 e.